The lowest BCUT2D eigenvalue weighted by atomic mass is 9.97. The van der Waals surface area contributed by atoms with Crippen molar-refractivity contribution in [1.29, 1.82) is 0 Å². The summed E-state index contributed by atoms with van der Waals surface area (Å²) in [5.41, 5.74) is 0.284. The summed E-state index contributed by atoms with van der Waals surface area (Å²) in [6.45, 7) is 2.97. The third-order valence-corrected chi connectivity index (χ3v) is 5.98. The molecule has 12 heteroatoms. The van der Waals surface area contributed by atoms with Gasteiger partial charge in [-0.3, -0.25) is 14.5 Å². The summed E-state index contributed by atoms with van der Waals surface area (Å²) in [7, 11) is 0. The third-order valence-electron chi connectivity index (χ3n) is 4.88. The van der Waals surface area contributed by atoms with E-state index in [1.54, 1.807) is 48.5 Å². The Hall–Kier alpha value is -3.83. The van der Waals surface area contributed by atoms with Gasteiger partial charge in [0.2, 0.25) is 5.91 Å². The topological polar surface area (TPSA) is 125 Å². The number of rotatable bonds is 11. The van der Waals surface area contributed by atoms with Gasteiger partial charge in [-0.2, -0.15) is 0 Å². The van der Waals surface area contributed by atoms with Gasteiger partial charge in [0, 0.05) is 17.3 Å². The molecule has 0 bridgehead atoms. The zero-order chi connectivity index (χ0) is 26.8. The number of nitrogens with zero attached hydrogens (tertiary/aromatic N) is 3. The molecule has 0 radical (unpaired) electrons. The first-order valence-electron chi connectivity index (χ1n) is 11.3. The fraction of sp³-hybridized carbons (Fsp3) is 0.280. The predicted molar refractivity (Wildman–Crippen MR) is 135 cm³/mol. The first-order valence-corrected chi connectivity index (χ1v) is 12.5. The number of pyridine rings is 1. The first kappa shape index (κ1) is 27.8. The Morgan fingerprint density at radius 1 is 0.919 bits per heavy atom. The van der Waals surface area contributed by atoms with Crippen LogP contribution in [0.4, 0.5) is 5.82 Å². The summed E-state index contributed by atoms with van der Waals surface area (Å²) >= 11 is 7.14. The Kier molecular flexibility index (Phi) is 10.1. The van der Waals surface area contributed by atoms with Gasteiger partial charge in [0.15, 0.2) is 10.4 Å². The number of benzene rings is 1. The van der Waals surface area contributed by atoms with Crippen LogP contribution in [0.5, 0.6) is 0 Å². The van der Waals surface area contributed by atoms with Crippen LogP contribution in [0.1, 0.15) is 30.2 Å². The van der Waals surface area contributed by atoms with Crippen molar-refractivity contribution < 1.29 is 33.4 Å². The maximum Gasteiger partial charge on any atom is 0.359 e. The van der Waals surface area contributed by atoms with Gasteiger partial charge >= 0.3 is 17.9 Å². The van der Waals surface area contributed by atoms with Crippen molar-refractivity contribution >= 4 is 52.6 Å². The van der Waals surface area contributed by atoms with Gasteiger partial charge in [-0.25, -0.2) is 19.6 Å². The number of carbonyl (C=O) groups excluding carboxylic acids is 4. The van der Waals surface area contributed by atoms with Gasteiger partial charge in [-0.1, -0.05) is 48.0 Å². The van der Waals surface area contributed by atoms with Crippen LogP contribution in [0.15, 0.2) is 60.9 Å². The summed E-state index contributed by atoms with van der Waals surface area (Å²) in [5.74, 6) is -5.32. The monoisotopic (exact) mass is 545 g/mol. The molecule has 0 saturated carbocycles. The Morgan fingerprint density at radius 2 is 1.57 bits per heavy atom. The van der Waals surface area contributed by atoms with Crippen molar-refractivity contribution in [2.24, 2.45) is 0 Å². The van der Waals surface area contributed by atoms with Crippen molar-refractivity contribution in [3.63, 3.8) is 0 Å². The molecule has 1 aromatic carbocycles. The van der Waals surface area contributed by atoms with Crippen LogP contribution in [0, 0.1) is 0 Å². The molecule has 194 valence electrons. The van der Waals surface area contributed by atoms with E-state index < -0.39 is 35.8 Å². The van der Waals surface area contributed by atoms with E-state index in [0.29, 0.717) is 4.88 Å². The van der Waals surface area contributed by atoms with Crippen molar-refractivity contribution in [2.75, 3.05) is 18.1 Å². The lowest BCUT2D eigenvalue weighted by molar-refractivity contribution is -0.181. The van der Waals surface area contributed by atoms with E-state index in [9.17, 15) is 19.2 Å². The van der Waals surface area contributed by atoms with Crippen LogP contribution in [0.3, 0.4) is 0 Å². The number of amides is 1. The molecule has 37 heavy (non-hydrogen) atoms. The van der Waals surface area contributed by atoms with Gasteiger partial charge in [-0.05, 0) is 31.5 Å². The first-order chi connectivity index (χ1) is 17.8. The summed E-state index contributed by atoms with van der Waals surface area (Å²) in [4.78, 5) is 62.4. The molecule has 0 spiro atoms. The number of carbonyl (C=O) groups is 4. The van der Waals surface area contributed by atoms with Crippen LogP contribution in [-0.4, -0.2) is 53.1 Å². The van der Waals surface area contributed by atoms with E-state index in [1.165, 1.54) is 42.5 Å². The number of hydrogen-bond donors (Lipinski definition) is 0. The molecule has 0 aliphatic carbocycles. The number of esters is 3. The standard InChI is InChI=1S/C25H24ClN3O7S/c1-3-34-23(32)20(24(33)35-4-2)36-22(31)19(16-10-6-5-7-11-16)21(30)29(18-12-8-9-13-27-18)15-17-14-28-25(26)37-17/h5-14,19-20H,3-4,15H2,1-2H3. The van der Waals surface area contributed by atoms with Crippen LogP contribution in [0.2, 0.25) is 4.47 Å². The number of aromatic nitrogens is 2. The highest BCUT2D eigenvalue weighted by molar-refractivity contribution is 7.15. The molecule has 0 aliphatic rings. The summed E-state index contributed by atoms with van der Waals surface area (Å²) in [6.07, 6.45) is 1.03. The van der Waals surface area contributed by atoms with E-state index in [-0.39, 0.29) is 35.6 Å². The Morgan fingerprint density at radius 3 is 2.11 bits per heavy atom. The molecule has 10 nitrogen and oxygen atoms in total. The highest BCUT2D eigenvalue weighted by Gasteiger charge is 2.40. The minimum absolute atomic E-state index is 0.00995. The molecule has 3 rings (SSSR count). The smallest absolute Gasteiger partial charge is 0.359 e. The lowest BCUT2D eigenvalue weighted by Crippen LogP contribution is -2.43. The Bertz CT molecular complexity index is 1210. The maximum atomic E-state index is 14.0. The molecular weight excluding hydrogens is 522 g/mol. The van der Waals surface area contributed by atoms with Gasteiger partial charge in [0.05, 0.1) is 19.8 Å². The average Bonchev–Trinajstić information content (AvgIpc) is 3.31. The maximum absolute atomic E-state index is 14.0. The second-order valence-electron chi connectivity index (χ2n) is 7.36. The van der Waals surface area contributed by atoms with E-state index in [1.807, 2.05) is 0 Å². The highest BCUT2D eigenvalue weighted by Crippen LogP contribution is 2.28. The van der Waals surface area contributed by atoms with E-state index in [4.69, 9.17) is 25.8 Å². The molecule has 0 fully saturated rings. The normalized spacial score (nSPS) is 11.5. The SMILES string of the molecule is CCOC(=O)C(OC(=O)C(C(=O)N(Cc1cnc(Cl)s1)c1ccccn1)c1ccccc1)C(=O)OCC. The molecule has 2 heterocycles. The van der Waals surface area contributed by atoms with E-state index in [2.05, 4.69) is 9.97 Å². The van der Waals surface area contributed by atoms with Crippen molar-refractivity contribution in [1.82, 2.24) is 9.97 Å². The van der Waals surface area contributed by atoms with E-state index >= 15 is 0 Å². The fourth-order valence-corrected chi connectivity index (χ4v) is 4.26. The van der Waals surface area contributed by atoms with Crippen molar-refractivity contribution in [2.45, 2.75) is 32.4 Å². The largest absolute Gasteiger partial charge is 0.463 e. The second kappa shape index (κ2) is 13.5. The fourth-order valence-electron chi connectivity index (χ4n) is 3.29. The zero-order valence-electron chi connectivity index (χ0n) is 20.0. The molecule has 0 aliphatic heterocycles. The molecular formula is C25H24ClN3O7S. The molecule has 1 atom stereocenters. The quantitative estimate of drug-likeness (QED) is 0.202. The molecule has 1 amide bonds. The van der Waals surface area contributed by atoms with Gasteiger partial charge in [0.25, 0.3) is 6.10 Å². The number of hydrogen-bond acceptors (Lipinski definition) is 10. The molecule has 0 saturated heterocycles. The number of anilines is 1. The summed E-state index contributed by atoms with van der Waals surface area (Å²) < 4.78 is 15.3. The van der Waals surface area contributed by atoms with Gasteiger partial charge < -0.3 is 14.2 Å². The number of ether oxygens (including phenoxy) is 3. The zero-order valence-corrected chi connectivity index (χ0v) is 21.6. The van der Waals surface area contributed by atoms with Crippen molar-refractivity contribution in [3.8, 4) is 0 Å². The predicted octanol–water partition coefficient (Wildman–Crippen LogP) is 3.55. The Labute approximate surface area is 222 Å². The highest BCUT2D eigenvalue weighted by atomic mass is 35.5. The van der Waals surface area contributed by atoms with Gasteiger partial charge in [-0.15, -0.1) is 11.3 Å². The molecule has 2 aromatic heterocycles. The molecule has 3 aromatic rings. The van der Waals surface area contributed by atoms with Crippen molar-refractivity contribution in [3.05, 3.63) is 75.8 Å². The molecule has 0 N–H and O–H groups in total. The number of halogens is 1. The Balaban J connectivity index is 2.01. The third kappa shape index (κ3) is 7.34. The average molecular weight is 546 g/mol. The summed E-state index contributed by atoms with van der Waals surface area (Å²) in [6, 6.07) is 13.1. The lowest BCUT2D eigenvalue weighted by Gasteiger charge is -2.26. The van der Waals surface area contributed by atoms with Crippen LogP contribution in [0.25, 0.3) is 0 Å². The minimum Gasteiger partial charge on any atom is -0.463 e. The van der Waals surface area contributed by atoms with Crippen LogP contribution >= 0.6 is 22.9 Å². The minimum atomic E-state index is -1.99. The summed E-state index contributed by atoms with van der Waals surface area (Å²) in [5, 5.41) is 0. The van der Waals surface area contributed by atoms with Crippen LogP contribution in [-0.2, 0) is 39.9 Å². The second-order valence-corrected chi connectivity index (χ2v) is 9.05. The van der Waals surface area contributed by atoms with Gasteiger partial charge in [0.1, 0.15) is 5.82 Å². The number of thiazole rings is 1. The van der Waals surface area contributed by atoms with E-state index in [0.717, 1.165) is 0 Å². The van der Waals surface area contributed by atoms with Crippen LogP contribution < -0.4 is 4.90 Å². The molecule has 1 unspecified atom stereocenters.